The summed E-state index contributed by atoms with van der Waals surface area (Å²) in [5, 5.41) is 0.933. The SMILES string of the molecule is C=CC[N+](C)(C)CCC(=O)N[C@]1(C)CS(=O)(=O)C[C@@H]1S(=O)(=O)O. The first-order chi connectivity index (χ1) is 10.2. The van der Waals surface area contributed by atoms with Gasteiger partial charge in [0, 0.05) is 0 Å². The summed E-state index contributed by atoms with van der Waals surface area (Å²) >= 11 is 0. The fraction of sp³-hybridized carbons (Fsp3) is 0.769. The Bertz CT molecular complexity index is 683. The quantitative estimate of drug-likeness (QED) is 0.345. The van der Waals surface area contributed by atoms with E-state index in [0.29, 0.717) is 17.6 Å². The Kier molecular flexibility index (Phi) is 5.67. The highest BCUT2D eigenvalue weighted by Gasteiger charge is 2.54. The van der Waals surface area contributed by atoms with Crippen LogP contribution in [0.4, 0.5) is 0 Å². The number of sulfone groups is 1. The molecule has 0 radical (unpaired) electrons. The third-order valence-electron chi connectivity index (χ3n) is 3.99. The van der Waals surface area contributed by atoms with Crippen molar-refractivity contribution in [3.63, 3.8) is 0 Å². The lowest BCUT2D eigenvalue weighted by atomic mass is 10.0. The molecule has 1 aliphatic heterocycles. The van der Waals surface area contributed by atoms with Crippen molar-refractivity contribution >= 4 is 25.9 Å². The normalized spacial score (nSPS) is 27.6. The van der Waals surface area contributed by atoms with Crippen molar-refractivity contribution in [2.24, 2.45) is 0 Å². The Morgan fingerprint density at radius 1 is 1.48 bits per heavy atom. The highest BCUT2D eigenvalue weighted by atomic mass is 32.2. The van der Waals surface area contributed by atoms with Gasteiger partial charge in [0.05, 0.1) is 50.7 Å². The van der Waals surface area contributed by atoms with E-state index < -0.39 is 48.2 Å². The minimum atomic E-state index is -4.59. The molecule has 0 saturated carbocycles. The molecule has 8 nitrogen and oxygen atoms in total. The number of hydrogen-bond donors (Lipinski definition) is 2. The van der Waals surface area contributed by atoms with E-state index in [1.807, 2.05) is 14.1 Å². The molecule has 2 N–H and O–H groups in total. The van der Waals surface area contributed by atoms with Gasteiger partial charge in [-0.15, -0.1) is 0 Å². The molecule has 0 aromatic heterocycles. The van der Waals surface area contributed by atoms with E-state index >= 15 is 0 Å². The van der Waals surface area contributed by atoms with Crippen molar-refractivity contribution in [1.82, 2.24) is 5.32 Å². The molecule has 1 fully saturated rings. The minimum absolute atomic E-state index is 0.106. The largest absolute Gasteiger partial charge is 0.348 e. The van der Waals surface area contributed by atoms with Crippen molar-refractivity contribution in [2.75, 3.05) is 38.7 Å². The first-order valence-corrected chi connectivity index (χ1v) is 10.4. The number of amides is 1. The van der Waals surface area contributed by atoms with Crippen LogP contribution in [0.2, 0.25) is 0 Å². The maximum atomic E-state index is 12.1. The van der Waals surface area contributed by atoms with E-state index in [2.05, 4.69) is 11.9 Å². The van der Waals surface area contributed by atoms with Gasteiger partial charge >= 0.3 is 0 Å². The highest BCUT2D eigenvalue weighted by Crippen LogP contribution is 2.29. The number of likely N-dealkylation sites (N-methyl/N-ethyl adjacent to an activating group) is 1. The van der Waals surface area contributed by atoms with Crippen LogP contribution in [-0.2, 0) is 24.7 Å². The Morgan fingerprint density at radius 3 is 2.52 bits per heavy atom. The smallest absolute Gasteiger partial charge is 0.271 e. The van der Waals surface area contributed by atoms with Gasteiger partial charge in [-0.25, -0.2) is 8.42 Å². The minimum Gasteiger partial charge on any atom is -0.348 e. The lowest BCUT2D eigenvalue weighted by Gasteiger charge is -2.31. The molecule has 0 bridgehead atoms. The molecule has 1 saturated heterocycles. The van der Waals surface area contributed by atoms with E-state index in [9.17, 15) is 26.2 Å². The Labute approximate surface area is 137 Å². The zero-order valence-electron chi connectivity index (χ0n) is 13.6. The van der Waals surface area contributed by atoms with Crippen LogP contribution < -0.4 is 5.32 Å². The summed E-state index contributed by atoms with van der Waals surface area (Å²) < 4.78 is 56.2. The lowest BCUT2D eigenvalue weighted by Crippen LogP contribution is -2.57. The predicted molar refractivity (Wildman–Crippen MR) is 87.2 cm³/mol. The lowest BCUT2D eigenvalue weighted by molar-refractivity contribution is -0.883. The summed E-state index contributed by atoms with van der Waals surface area (Å²) in [6.45, 7) is 6.12. The van der Waals surface area contributed by atoms with E-state index in [4.69, 9.17) is 0 Å². The third kappa shape index (κ3) is 5.55. The van der Waals surface area contributed by atoms with Crippen molar-refractivity contribution < 1.29 is 30.7 Å². The van der Waals surface area contributed by atoms with Gasteiger partial charge in [0.2, 0.25) is 5.91 Å². The van der Waals surface area contributed by atoms with Gasteiger partial charge in [0.15, 0.2) is 9.84 Å². The van der Waals surface area contributed by atoms with Crippen LogP contribution in [-0.4, -0.2) is 81.3 Å². The van der Waals surface area contributed by atoms with Crippen molar-refractivity contribution in [3.05, 3.63) is 12.7 Å². The maximum Gasteiger partial charge on any atom is 0.271 e. The van der Waals surface area contributed by atoms with E-state index in [1.165, 1.54) is 6.92 Å². The molecule has 1 aliphatic rings. The van der Waals surface area contributed by atoms with Crippen LogP contribution in [0, 0.1) is 0 Å². The number of hydrogen-bond acceptors (Lipinski definition) is 5. The summed E-state index contributed by atoms with van der Waals surface area (Å²) in [6.07, 6.45) is 1.84. The Morgan fingerprint density at radius 2 is 2.04 bits per heavy atom. The molecule has 10 heteroatoms. The second-order valence-corrected chi connectivity index (χ2v) is 10.6. The van der Waals surface area contributed by atoms with Crippen molar-refractivity contribution in [3.8, 4) is 0 Å². The average Bonchev–Trinajstić information content (AvgIpc) is 2.56. The molecular formula is C13H25N2O6S2+. The molecule has 0 aromatic rings. The van der Waals surface area contributed by atoms with Gasteiger partial charge in [0.1, 0.15) is 5.25 Å². The van der Waals surface area contributed by atoms with E-state index in [0.717, 1.165) is 0 Å². The van der Waals surface area contributed by atoms with Gasteiger partial charge in [-0.2, -0.15) is 8.42 Å². The molecule has 2 atom stereocenters. The zero-order valence-corrected chi connectivity index (χ0v) is 15.3. The fourth-order valence-electron chi connectivity index (χ4n) is 2.78. The van der Waals surface area contributed by atoms with Crippen LogP contribution in [0.25, 0.3) is 0 Å². The summed E-state index contributed by atoms with van der Waals surface area (Å²) in [6, 6.07) is 0. The second kappa shape index (κ2) is 6.50. The Balaban J connectivity index is 2.84. The molecular weight excluding hydrogens is 344 g/mol. The summed E-state index contributed by atoms with van der Waals surface area (Å²) in [7, 11) is -4.42. The van der Waals surface area contributed by atoms with Crippen molar-refractivity contribution in [1.29, 1.82) is 0 Å². The van der Waals surface area contributed by atoms with Crippen LogP contribution in [0.3, 0.4) is 0 Å². The van der Waals surface area contributed by atoms with Gasteiger partial charge in [-0.1, -0.05) is 6.58 Å². The monoisotopic (exact) mass is 369 g/mol. The van der Waals surface area contributed by atoms with E-state index in [1.54, 1.807) is 6.08 Å². The van der Waals surface area contributed by atoms with Crippen LogP contribution in [0.1, 0.15) is 13.3 Å². The van der Waals surface area contributed by atoms with Gasteiger partial charge in [-0.05, 0) is 13.0 Å². The van der Waals surface area contributed by atoms with Gasteiger partial charge in [0.25, 0.3) is 10.1 Å². The van der Waals surface area contributed by atoms with Crippen molar-refractivity contribution in [2.45, 2.75) is 24.1 Å². The zero-order chi connectivity index (χ0) is 18.1. The topological polar surface area (TPSA) is 118 Å². The average molecular weight is 369 g/mol. The molecule has 23 heavy (non-hydrogen) atoms. The standard InChI is InChI=1S/C13H24N2O6S2/c1-5-7-15(3,4)8-6-12(16)14-13(2)10-22(17,18)9-11(13)23(19,20)21/h5,11H,1,6-10H2,2-4H3,(H-,14,16,19,20,21)/p+1/t11-,13+/m0/s1. The fourth-order valence-corrected chi connectivity index (χ4v) is 7.13. The summed E-state index contributed by atoms with van der Waals surface area (Å²) in [4.78, 5) is 12.1. The number of carbonyl (C=O) groups excluding carboxylic acids is 1. The predicted octanol–water partition coefficient (Wildman–Crippen LogP) is -0.801. The molecule has 0 unspecified atom stereocenters. The molecule has 0 spiro atoms. The van der Waals surface area contributed by atoms with Crippen LogP contribution >= 0.6 is 0 Å². The molecule has 1 heterocycles. The summed E-state index contributed by atoms with van der Waals surface area (Å²) in [5.74, 6) is -1.66. The third-order valence-corrected chi connectivity index (χ3v) is 7.49. The number of quaternary nitrogens is 1. The maximum absolute atomic E-state index is 12.1. The van der Waals surface area contributed by atoms with Crippen LogP contribution in [0.15, 0.2) is 12.7 Å². The molecule has 1 rings (SSSR count). The highest BCUT2D eigenvalue weighted by molar-refractivity contribution is 7.94. The first-order valence-electron chi connectivity index (χ1n) is 7.11. The number of nitrogens with one attached hydrogen (secondary N) is 1. The molecule has 1 amide bonds. The van der Waals surface area contributed by atoms with Crippen LogP contribution in [0.5, 0.6) is 0 Å². The number of carbonyl (C=O) groups is 1. The summed E-state index contributed by atoms with van der Waals surface area (Å²) in [5.41, 5.74) is -1.53. The Hall–Kier alpha value is -0.970. The molecule has 134 valence electrons. The van der Waals surface area contributed by atoms with E-state index in [-0.39, 0.29) is 6.42 Å². The van der Waals surface area contributed by atoms with Gasteiger partial charge in [-0.3, -0.25) is 9.35 Å². The first kappa shape index (κ1) is 20.1. The number of nitrogens with zero attached hydrogens (tertiary/aromatic N) is 1. The number of rotatable bonds is 7. The second-order valence-electron chi connectivity index (χ2n) is 6.90. The van der Waals surface area contributed by atoms with Gasteiger partial charge < -0.3 is 9.80 Å². The molecule has 0 aliphatic carbocycles. The molecule has 0 aromatic carbocycles.